The van der Waals surface area contributed by atoms with Gasteiger partial charge >= 0.3 is 0 Å². The molecule has 1 aliphatic heterocycles. The molecule has 0 bridgehead atoms. The third kappa shape index (κ3) is 2.22. The zero-order chi connectivity index (χ0) is 16.1. The Bertz CT molecular complexity index is 743. The Morgan fingerprint density at radius 2 is 1.68 bits per heavy atom. The predicted octanol–water partition coefficient (Wildman–Crippen LogP) is 4.90. The Kier molecular flexibility index (Phi) is 3.33. The lowest BCUT2D eigenvalue weighted by atomic mass is 9.76. The number of nitrogens with one attached hydrogen (secondary N) is 1. The van der Waals surface area contributed by atoms with Gasteiger partial charge in [0.2, 0.25) is 5.91 Å². The van der Waals surface area contributed by atoms with Gasteiger partial charge in [0, 0.05) is 10.7 Å². The van der Waals surface area contributed by atoms with Gasteiger partial charge in [-0.05, 0) is 47.2 Å². The van der Waals surface area contributed by atoms with E-state index in [1.165, 1.54) is 5.56 Å². The van der Waals surface area contributed by atoms with E-state index in [2.05, 4.69) is 50.4 Å². The topological polar surface area (TPSA) is 29.1 Å². The van der Waals surface area contributed by atoms with E-state index in [9.17, 15) is 4.79 Å². The van der Waals surface area contributed by atoms with E-state index >= 15 is 0 Å². The molecule has 0 aromatic heterocycles. The number of halogens is 1. The van der Waals surface area contributed by atoms with Crippen LogP contribution in [0.15, 0.2) is 42.5 Å². The van der Waals surface area contributed by atoms with Crippen LogP contribution in [0.2, 0.25) is 5.02 Å². The Labute approximate surface area is 136 Å². The second kappa shape index (κ2) is 4.85. The molecule has 0 fully saturated rings. The highest BCUT2D eigenvalue weighted by Gasteiger charge is 2.44. The van der Waals surface area contributed by atoms with Crippen molar-refractivity contribution in [3.63, 3.8) is 0 Å². The molecular weight excluding hydrogens is 294 g/mol. The summed E-state index contributed by atoms with van der Waals surface area (Å²) >= 11 is 6.13. The molecule has 2 aromatic rings. The minimum absolute atomic E-state index is 0.00623. The van der Waals surface area contributed by atoms with Gasteiger partial charge in [0.25, 0.3) is 0 Å². The molecule has 114 valence electrons. The highest BCUT2D eigenvalue weighted by Crippen LogP contribution is 2.43. The first kappa shape index (κ1) is 15.1. The molecule has 0 saturated carbocycles. The second-order valence-electron chi connectivity index (χ2n) is 7.10. The number of fused-ring (bicyclic) bond motifs is 1. The number of carbonyl (C=O) groups excluding carboxylic acids is 1. The van der Waals surface area contributed by atoms with E-state index in [-0.39, 0.29) is 11.3 Å². The van der Waals surface area contributed by atoms with Crippen LogP contribution in [0.25, 0.3) is 0 Å². The number of amides is 1. The summed E-state index contributed by atoms with van der Waals surface area (Å²) in [6.07, 6.45) is 0. The molecule has 1 atom stereocenters. The Morgan fingerprint density at radius 1 is 1.05 bits per heavy atom. The molecule has 0 aliphatic carbocycles. The van der Waals surface area contributed by atoms with Crippen LogP contribution in [0.4, 0.5) is 5.69 Å². The van der Waals surface area contributed by atoms with E-state index in [0.717, 1.165) is 16.8 Å². The van der Waals surface area contributed by atoms with Crippen molar-refractivity contribution in [1.82, 2.24) is 0 Å². The van der Waals surface area contributed by atoms with E-state index < -0.39 is 5.41 Å². The normalized spacial score (nSPS) is 20.7. The molecule has 1 N–H and O–H groups in total. The third-order valence-corrected chi connectivity index (χ3v) is 4.79. The van der Waals surface area contributed by atoms with Crippen LogP contribution in [0.5, 0.6) is 0 Å². The maximum atomic E-state index is 12.6. The fraction of sp³-hybridized carbons (Fsp3) is 0.316. The van der Waals surface area contributed by atoms with Crippen molar-refractivity contribution in [3.8, 4) is 0 Å². The summed E-state index contributed by atoms with van der Waals surface area (Å²) in [5.41, 5.74) is 3.42. The van der Waals surface area contributed by atoms with Gasteiger partial charge in [-0.2, -0.15) is 0 Å². The van der Waals surface area contributed by atoms with Crippen molar-refractivity contribution in [1.29, 1.82) is 0 Å². The van der Waals surface area contributed by atoms with E-state index in [4.69, 9.17) is 11.6 Å². The lowest BCUT2D eigenvalue weighted by Gasteiger charge is -2.25. The van der Waals surface area contributed by atoms with Crippen molar-refractivity contribution in [2.75, 3.05) is 5.32 Å². The highest BCUT2D eigenvalue weighted by atomic mass is 35.5. The maximum absolute atomic E-state index is 12.6. The minimum Gasteiger partial charge on any atom is -0.325 e. The van der Waals surface area contributed by atoms with Gasteiger partial charge in [0.15, 0.2) is 0 Å². The first-order chi connectivity index (χ1) is 10.2. The van der Waals surface area contributed by atoms with Crippen molar-refractivity contribution in [3.05, 3.63) is 64.2 Å². The number of hydrogen-bond donors (Lipinski definition) is 1. The Balaban J connectivity index is 2.11. The van der Waals surface area contributed by atoms with Crippen LogP contribution in [-0.2, 0) is 15.6 Å². The molecule has 0 spiro atoms. The summed E-state index contributed by atoms with van der Waals surface area (Å²) in [4.78, 5) is 12.6. The molecule has 2 nitrogen and oxygen atoms in total. The minimum atomic E-state index is -0.698. The SMILES string of the molecule is CC(C)(C)c1ccc([C@@]2(C)C(=O)Nc3ccc(Cl)cc32)cc1. The molecule has 1 aliphatic rings. The highest BCUT2D eigenvalue weighted by molar-refractivity contribution is 6.31. The third-order valence-electron chi connectivity index (χ3n) is 4.55. The van der Waals surface area contributed by atoms with Crippen molar-refractivity contribution in [2.24, 2.45) is 0 Å². The summed E-state index contributed by atoms with van der Waals surface area (Å²) < 4.78 is 0. The lowest BCUT2D eigenvalue weighted by Crippen LogP contribution is -2.32. The van der Waals surface area contributed by atoms with Crippen LogP contribution in [0, 0.1) is 0 Å². The summed E-state index contributed by atoms with van der Waals surface area (Å²) in [7, 11) is 0. The number of rotatable bonds is 1. The second-order valence-corrected chi connectivity index (χ2v) is 7.53. The molecule has 0 unspecified atom stereocenters. The van der Waals surface area contributed by atoms with Gasteiger partial charge in [0.1, 0.15) is 0 Å². The van der Waals surface area contributed by atoms with Crippen LogP contribution in [0.1, 0.15) is 44.4 Å². The fourth-order valence-electron chi connectivity index (χ4n) is 3.00. The average molecular weight is 314 g/mol. The van der Waals surface area contributed by atoms with Gasteiger partial charge < -0.3 is 5.32 Å². The van der Waals surface area contributed by atoms with Crippen LogP contribution in [-0.4, -0.2) is 5.91 Å². The van der Waals surface area contributed by atoms with Crippen molar-refractivity contribution >= 4 is 23.2 Å². The molecule has 1 heterocycles. The summed E-state index contributed by atoms with van der Waals surface area (Å²) in [5, 5.41) is 3.61. The van der Waals surface area contributed by atoms with Gasteiger partial charge in [-0.1, -0.05) is 56.6 Å². The molecule has 3 heteroatoms. The molecular formula is C19H20ClNO. The summed E-state index contributed by atoms with van der Waals surface area (Å²) in [6.45, 7) is 8.50. The van der Waals surface area contributed by atoms with Gasteiger partial charge in [-0.25, -0.2) is 0 Å². The first-order valence-electron chi connectivity index (χ1n) is 7.45. The summed E-state index contributed by atoms with van der Waals surface area (Å²) in [5.74, 6) is -0.00623. The van der Waals surface area contributed by atoms with Crippen molar-refractivity contribution in [2.45, 2.75) is 38.5 Å². The molecule has 0 radical (unpaired) electrons. The molecule has 2 aromatic carbocycles. The largest absolute Gasteiger partial charge is 0.325 e. The van der Waals surface area contributed by atoms with E-state index in [1.807, 2.05) is 19.1 Å². The van der Waals surface area contributed by atoms with Crippen LogP contribution >= 0.6 is 11.6 Å². The van der Waals surface area contributed by atoms with E-state index in [0.29, 0.717) is 5.02 Å². The standard InChI is InChI=1S/C19H20ClNO/c1-18(2,3)12-5-7-13(8-6-12)19(4)15-11-14(20)9-10-16(15)21-17(19)22/h5-11H,1-4H3,(H,21,22)/t19-/m1/s1. The Hall–Kier alpha value is -1.80. The van der Waals surface area contributed by atoms with E-state index in [1.54, 1.807) is 6.07 Å². The molecule has 0 saturated heterocycles. The smallest absolute Gasteiger partial charge is 0.239 e. The monoisotopic (exact) mass is 313 g/mol. The number of benzene rings is 2. The predicted molar refractivity (Wildman–Crippen MR) is 91.7 cm³/mol. The number of carbonyl (C=O) groups is 1. The quantitative estimate of drug-likeness (QED) is 0.797. The number of hydrogen-bond acceptors (Lipinski definition) is 1. The molecule has 22 heavy (non-hydrogen) atoms. The van der Waals surface area contributed by atoms with Crippen LogP contribution in [0.3, 0.4) is 0 Å². The van der Waals surface area contributed by atoms with Gasteiger partial charge in [-0.3, -0.25) is 4.79 Å². The Morgan fingerprint density at radius 3 is 2.27 bits per heavy atom. The van der Waals surface area contributed by atoms with Gasteiger partial charge in [0.05, 0.1) is 5.41 Å². The average Bonchev–Trinajstić information content (AvgIpc) is 2.71. The molecule has 1 amide bonds. The zero-order valence-electron chi connectivity index (χ0n) is 13.3. The van der Waals surface area contributed by atoms with Crippen LogP contribution < -0.4 is 5.32 Å². The fourth-order valence-corrected chi connectivity index (χ4v) is 3.17. The first-order valence-corrected chi connectivity index (χ1v) is 7.83. The number of anilines is 1. The van der Waals surface area contributed by atoms with Crippen molar-refractivity contribution < 1.29 is 4.79 Å². The lowest BCUT2D eigenvalue weighted by molar-refractivity contribution is -0.119. The molecule has 3 rings (SSSR count). The maximum Gasteiger partial charge on any atom is 0.239 e. The zero-order valence-corrected chi connectivity index (χ0v) is 14.1. The van der Waals surface area contributed by atoms with Gasteiger partial charge in [-0.15, -0.1) is 0 Å². The summed E-state index contributed by atoms with van der Waals surface area (Å²) in [6, 6.07) is 13.9.